The van der Waals surface area contributed by atoms with E-state index >= 15 is 0 Å². The number of thioether (sulfide) groups is 1. The Morgan fingerprint density at radius 3 is 2.08 bits per heavy atom. The van der Waals surface area contributed by atoms with Crippen LogP contribution < -0.4 is 0 Å². The molecule has 2 aromatic carbocycles. The Labute approximate surface area is 155 Å². The highest BCUT2D eigenvalue weighted by atomic mass is 32.2. The predicted octanol–water partition coefficient (Wildman–Crippen LogP) is 6.00. The molecular weight excluding hydrogens is 324 g/mol. The maximum absolute atomic E-state index is 6.61. The number of hydrogen-bond acceptors (Lipinski definition) is 2. The van der Waals surface area contributed by atoms with E-state index in [-0.39, 0.29) is 10.3 Å². The maximum Gasteiger partial charge on any atom is 0.120 e. The molecule has 2 aliphatic carbocycles. The predicted molar refractivity (Wildman–Crippen MR) is 105 cm³/mol. The fraction of sp³-hybridized carbons (Fsp3) is 0.478. The number of fused-ring (bicyclic) bond motifs is 1. The van der Waals surface area contributed by atoms with E-state index in [0.29, 0.717) is 5.92 Å². The van der Waals surface area contributed by atoms with Gasteiger partial charge < -0.3 is 4.74 Å². The first-order chi connectivity index (χ1) is 12.3. The van der Waals surface area contributed by atoms with Crippen molar-refractivity contribution < 1.29 is 4.74 Å². The summed E-state index contributed by atoms with van der Waals surface area (Å²) in [5.41, 5.74) is 3.16. The third kappa shape index (κ3) is 2.57. The van der Waals surface area contributed by atoms with Crippen molar-refractivity contribution in [2.45, 2.75) is 54.6 Å². The summed E-state index contributed by atoms with van der Waals surface area (Å²) < 4.78 is 6.61. The van der Waals surface area contributed by atoms with Gasteiger partial charge in [-0.3, -0.25) is 0 Å². The molecular formula is C23H26OS. The molecule has 2 heteroatoms. The van der Waals surface area contributed by atoms with Crippen molar-refractivity contribution in [1.82, 2.24) is 0 Å². The SMILES string of the molecule is c1ccc(C(c2ccccc2)C23CCCC2(SC2CC2)OCC3)cc1. The van der Waals surface area contributed by atoms with E-state index in [4.69, 9.17) is 4.74 Å². The van der Waals surface area contributed by atoms with Crippen molar-refractivity contribution in [3.05, 3.63) is 71.8 Å². The van der Waals surface area contributed by atoms with Gasteiger partial charge >= 0.3 is 0 Å². The van der Waals surface area contributed by atoms with Crippen LogP contribution in [0.25, 0.3) is 0 Å². The number of ether oxygens (including phenoxy) is 1. The fourth-order valence-electron chi connectivity index (χ4n) is 5.30. The second kappa shape index (κ2) is 6.17. The zero-order valence-electron chi connectivity index (χ0n) is 14.7. The first-order valence-corrected chi connectivity index (χ1v) is 10.6. The highest BCUT2D eigenvalue weighted by Crippen LogP contribution is 2.69. The summed E-state index contributed by atoms with van der Waals surface area (Å²) in [5.74, 6) is 0.436. The van der Waals surface area contributed by atoms with Crippen LogP contribution in [0.2, 0.25) is 0 Å². The van der Waals surface area contributed by atoms with Crippen LogP contribution in [0.4, 0.5) is 0 Å². The van der Waals surface area contributed by atoms with Crippen LogP contribution >= 0.6 is 11.8 Å². The highest BCUT2D eigenvalue weighted by molar-refractivity contribution is 8.01. The first-order valence-electron chi connectivity index (χ1n) is 9.75. The van der Waals surface area contributed by atoms with E-state index in [1.54, 1.807) is 0 Å². The molecule has 0 amide bonds. The third-order valence-corrected chi connectivity index (χ3v) is 8.38. The molecule has 2 aromatic rings. The van der Waals surface area contributed by atoms with Gasteiger partial charge in [-0.25, -0.2) is 0 Å². The van der Waals surface area contributed by atoms with E-state index in [1.165, 1.54) is 49.7 Å². The van der Waals surface area contributed by atoms with Crippen molar-refractivity contribution in [3.8, 4) is 0 Å². The first kappa shape index (κ1) is 16.0. The van der Waals surface area contributed by atoms with Crippen molar-refractivity contribution in [3.63, 3.8) is 0 Å². The molecule has 3 fully saturated rings. The molecule has 1 heterocycles. The molecule has 0 radical (unpaired) electrons. The van der Waals surface area contributed by atoms with E-state index in [0.717, 1.165) is 11.9 Å². The van der Waals surface area contributed by atoms with Gasteiger partial charge in [0.1, 0.15) is 4.93 Å². The standard InChI is InChI=1S/C23H26OS/c1-3-8-18(9-4-1)21(19-10-5-2-6-11-19)22-14-7-15-23(22,24-17-16-22)25-20-12-13-20/h1-6,8-11,20-21H,7,12-17H2. The Bertz CT molecular complexity index is 673. The van der Waals surface area contributed by atoms with Gasteiger partial charge in [0, 0.05) is 23.2 Å². The van der Waals surface area contributed by atoms with Gasteiger partial charge in [-0.2, -0.15) is 0 Å². The second-order valence-electron chi connectivity index (χ2n) is 7.93. The molecule has 0 spiro atoms. The smallest absolute Gasteiger partial charge is 0.120 e. The Hall–Kier alpha value is -1.25. The van der Waals surface area contributed by atoms with Crippen molar-refractivity contribution in [2.75, 3.05) is 6.61 Å². The lowest BCUT2D eigenvalue weighted by molar-refractivity contribution is 0.0306. The van der Waals surface area contributed by atoms with Crippen molar-refractivity contribution in [2.24, 2.45) is 5.41 Å². The number of benzene rings is 2. The van der Waals surface area contributed by atoms with Gasteiger partial charge in [-0.05, 0) is 49.7 Å². The Morgan fingerprint density at radius 1 is 0.840 bits per heavy atom. The van der Waals surface area contributed by atoms with Gasteiger partial charge in [0.25, 0.3) is 0 Å². The monoisotopic (exact) mass is 350 g/mol. The summed E-state index contributed by atoms with van der Waals surface area (Å²) >= 11 is 2.19. The van der Waals surface area contributed by atoms with Crippen LogP contribution in [-0.4, -0.2) is 16.8 Å². The zero-order chi connectivity index (χ0) is 16.7. The van der Waals surface area contributed by atoms with Crippen LogP contribution in [0, 0.1) is 5.41 Å². The molecule has 0 bridgehead atoms. The number of rotatable bonds is 5. The average molecular weight is 351 g/mol. The molecule has 1 nitrogen and oxygen atoms in total. The molecule has 2 atom stereocenters. The molecule has 2 unspecified atom stereocenters. The lowest BCUT2D eigenvalue weighted by Crippen LogP contribution is -2.43. The van der Waals surface area contributed by atoms with Crippen LogP contribution in [0.5, 0.6) is 0 Å². The van der Waals surface area contributed by atoms with Crippen molar-refractivity contribution in [1.29, 1.82) is 0 Å². The van der Waals surface area contributed by atoms with Gasteiger partial charge in [-0.15, -0.1) is 11.8 Å². The largest absolute Gasteiger partial charge is 0.364 e. The summed E-state index contributed by atoms with van der Waals surface area (Å²) in [6.45, 7) is 0.926. The van der Waals surface area contributed by atoms with E-state index in [9.17, 15) is 0 Å². The van der Waals surface area contributed by atoms with Gasteiger partial charge in [0.2, 0.25) is 0 Å². The maximum atomic E-state index is 6.61. The average Bonchev–Trinajstić information content (AvgIpc) is 3.29. The normalized spacial score (nSPS) is 31.4. The molecule has 25 heavy (non-hydrogen) atoms. The zero-order valence-corrected chi connectivity index (χ0v) is 15.5. The minimum atomic E-state index is 0.0323. The molecule has 5 rings (SSSR count). The quantitative estimate of drug-likeness (QED) is 0.654. The Kier molecular flexibility index (Phi) is 3.94. The fourth-order valence-corrected chi connectivity index (χ4v) is 7.18. The topological polar surface area (TPSA) is 9.23 Å². The second-order valence-corrected chi connectivity index (χ2v) is 9.49. The Balaban J connectivity index is 1.65. The van der Waals surface area contributed by atoms with E-state index < -0.39 is 0 Å². The van der Waals surface area contributed by atoms with Crippen LogP contribution in [-0.2, 0) is 4.74 Å². The summed E-state index contributed by atoms with van der Waals surface area (Å²) in [5, 5.41) is 0.836. The van der Waals surface area contributed by atoms with Crippen LogP contribution in [0.15, 0.2) is 60.7 Å². The lowest BCUT2D eigenvalue weighted by atomic mass is 9.65. The van der Waals surface area contributed by atoms with E-state index in [1.807, 2.05) is 0 Å². The number of hydrogen-bond donors (Lipinski definition) is 0. The molecule has 1 aliphatic heterocycles. The summed E-state index contributed by atoms with van der Waals surface area (Å²) in [4.78, 5) is 0.0323. The van der Waals surface area contributed by atoms with Crippen LogP contribution in [0.1, 0.15) is 55.6 Å². The molecule has 0 aromatic heterocycles. The lowest BCUT2D eigenvalue weighted by Gasteiger charge is -2.45. The summed E-state index contributed by atoms with van der Waals surface area (Å²) in [6, 6.07) is 22.4. The van der Waals surface area contributed by atoms with Gasteiger partial charge in [0.05, 0.1) is 0 Å². The van der Waals surface area contributed by atoms with Gasteiger partial charge in [0.15, 0.2) is 0 Å². The minimum Gasteiger partial charge on any atom is -0.364 e. The molecule has 0 N–H and O–H groups in total. The van der Waals surface area contributed by atoms with E-state index in [2.05, 4.69) is 72.4 Å². The molecule has 2 saturated carbocycles. The molecule has 1 saturated heterocycles. The van der Waals surface area contributed by atoms with Crippen LogP contribution in [0.3, 0.4) is 0 Å². The minimum absolute atomic E-state index is 0.0323. The molecule has 130 valence electrons. The summed E-state index contributed by atoms with van der Waals surface area (Å²) in [7, 11) is 0. The van der Waals surface area contributed by atoms with Crippen molar-refractivity contribution >= 4 is 11.8 Å². The highest BCUT2D eigenvalue weighted by Gasteiger charge is 2.64. The van der Waals surface area contributed by atoms with Gasteiger partial charge in [-0.1, -0.05) is 60.7 Å². The Morgan fingerprint density at radius 2 is 1.48 bits per heavy atom. The molecule has 3 aliphatic rings. The summed E-state index contributed by atoms with van der Waals surface area (Å²) in [6.07, 6.45) is 7.78. The third-order valence-electron chi connectivity index (χ3n) is 6.47.